The average Bonchev–Trinajstić information content (AvgIpc) is 3.10. The second-order valence-electron chi connectivity index (χ2n) is 6.04. The molecule has 0 saturated heterocycles. The molecule has 0 aliphatic carbocycles. The van der Waals surface area contributed by atoms with Crippen LogP contribution in [0.25, 0.3) is 17.4 Å². The molecular weight excluding hydrogens is 364 g/mol. The average molecular weight is 378 g/mol. The lowest BCUT2D eigenvalue weighted by Crippen LogP contribution is -2.16. The van der Waals surface area contributed by atoms with E-state index in [1.54, 1.807) is 37.3 Å². The van der Waals surface area contributed by atoms with Crippen LogP contribution in [-0.2, 0) is 4.79 Å². The van der Waals surface area contributed by atoms with Crippen LogP contribution in [-0.4, -0.2) is 10.8 Å². The van der Waals surface area contributed by atoms with Crippen molar-refractivity contribution >= 4 is 35.1 Å². The normalized spacial score (nSPS) is 14.7. The van der Waals surface area contributed by atoms with Crippen LogP contribution in [0.4, 0.5) is 11.4 Å². The molecule has 1 aliphatic heterocycles. The number of aryl methyl sites for hydroxylation is 1. The summed E-state index contributed by atoms with van der Waals surface area (Å²) in [6, 6.07) is 15.9. The number of benzene rings is 2. The first-order valence-corrected chi connectivity index (χ1v) is 8.98. The monoisotopic (exact) mass is 378 g/mol. The number of hydrogen-bond acceptors (Lipinski definition) is 5. The third-order valence-electron chi connectivity index (χ3n) is 4.09. The van der Waals surface area contributed by atoms with E-state index in [2.05, 4.69) is 5.32 Å². The molecule has 27 heavy (non-hydrogen) atoms. The molecule has 0 fully saturated rings. The van der Waals surface area contributed by atoms with Crippen LogP contribution in [0.3, 0.4) is 0 Å². The second-order valence-corrected chi connectivity index (χ2v) is 7.12. The van der Waals surface area contributed by atoms with Crippen LogP contribution in [0.2, 0.25) is 0 Å². The Kier molecular flexibility index (Phi) is 4.29. The van der Waals surface area contributed by atoms with Gasteiger partial charge in [-0.1, -0.05) is 30.0 Å². The summed E-state index contributed by atoms with van der Waals surface area (Å²) in [4.78, 5) is 24.6. The first-order chi connectivity index (χ1) is 13.0. The SMILES string of the molecule is Cc1ccc(-c2ccc(/C=C3\Sc4ccccc4NC3=O)o2)c([N+](=O)[O-])c1. The molecule has 0 atom stereocenters. The molecule has 1 amide bonds. The zero-order valence-corrected chi connectivity index (χ0v) is 15.1. The number of nitro groups is 1. The molecule has 134 valence electrons. The maximum Gasteiger partial charge on any atom is 0.280 e. The van der Waals surface area contributed by atoms with Crippen molar-refractivity contribution in [2.45, 2.75) is 11.8 Å². The first kappa shape index (κ1) is 17.1. The summed E-state index contributed by atoms with van der Waals surface area (Å²) in [5, 5.41) is 14.2. The van der Waals surface area contributed by atoms with Crippen molar-refractivity contribution in [2.75, 3.05) is 5.32 Å². The lowest BCUT2D eigenvalue weighted by molar-refractivity contribution is -0.384. The summed E-state index contributed by atoms with van der Waals surface area (Å²) in [6.07, 6.45) is 1.64. The molecule has 3 aromatic rings. The molecule has 7 heteroatoms. The third kappa shape index (κ3) is 3.37. The van der Waals surface area contributed by atoms with E-state index in [1.807, 2.05) is 24.3 Å². The van der Waals surface area contributed by atoms with Gasteiger partial charge >= 0.3 is 0 Å². The standard InChI is InChI=1S/C20H14N2O4S/c1-12-6-8-14(16(10-12)22(24)25)17-9-7-13(26-17)11-19-20(23)21-15-4-2-3-5-18(15)27-19/h2-11H,1H3,(H,21,23)/b19-11-. The minimum Gasteiger partial charge on any atom is -0.456 e. The summed E-state index contributed by atoms with van der Waals surface area (Å²) in [5.74, 6) is 0.630. The van der Waals surface area contributed by atoms with Crippen molar-refractivity contribution in [3.05, 3.63) is 80.9 Å². The number of fused-ring (bicyclic) bond motifs is 1. The van der Waals surface area contributed by atoms with Gasteiger partial charge in [-0.25, -0.2) is 0 Å². The largest absolute Gasteiger partial charge is 0.456 e. The number of thioether (sulfide) groups is 1. The highest BCUT2D eigenvalue weighted by molar-refractivity contribution is 8.04. The number of nitrogens with zero attached hydrogens (tertiary/aromatic N) is 1. The summed E-state index contributed by atoms with van der Waals surface area (Å²) in [7, 11) is 0. The number of furan rings is 1. The van der Waals surface area contributed by atoms with Gasteiger partial charge in [-0.3, -0.25) is 14.9 Å². The number of hydrogen-bond donors (Lipinski definition) is 1. The molecule has 0 unspecified atom stereocenters. The van der Waals surface area contributed by atoms with E-state index in [-0.39, 0.29) is 11.6 Å². The molecule has 6 nitrogen and oxygen atoms in total. The van der Waals surface area contributed by atoms with Crippen LogP contribution in [0.1, 0.15) is 11.3 Å². The van der Waals surface area contributed by atoms with Crippen molar-refractivity contribution in [2.24, 2.45) is 0 Å². The number of para-hydroxylation sites is 1. The molecule has 0 radical (unpaired) electrons. The lowest BCUT2D eigenvalue weighted by Gasteiger charge is -2.17. The Balaban J connectivity index is 1.67. The van der Waals surface area contributed by atoms with E-state index >= 15 is 0 Å². The van der Waals surface area contributed by atoms with Crippen molar-refractivity contribution < 1.29 is 14.1 Å². The topological polar surface area (TPSA) is 85.4 Å². The van der Waals surface area contributed by atoms with Gasteiger partial charge in [0.2, 0.25) is 0 Å². The third-order valence-corrected chi connectivity index (χ3v) is 5.19. The highest BCUT2D eigenvalue weighted by Crippen LogP contribution is 2.39. The number of carbonyl (C=O) groups excluding carboxylic acids is 1. The summed E-state index contributed by atoms with van der Waals surface area (Å²) >= 11 is 1.36. The predicted octanol–water partition coefficient (Wildman–Crippen LogP) is 5.25. The number of amides is 1. The molecular formula is C20H14N2O4S. The molecule has 0 bridgehead atoms. The van der Waals surface area contributed by atoms with E-state index in [9.17, 15) is 14.9 Å². The number of carbonyl (C=O) groups is 1. The maximum atomic E-state index is 12.3. The molecule has 1 N–H and O–H groups in total. The van der Waals surface area contributed by atoms with Gasteiger partial charge in [-0.2, -0.15) is 0 Å². The molecule has 4 rings (SSSR count). The fraction of sp³-hybridized carbons (Fsp3) is 0.0500. The molecule has 2 aromatic carbocycles. The Hall–Kier alpha value is -3.32. The Morgan fingerprint density at radius 2 is 1.96 bits per heavy atom. The maximum absolute atomic E-state index is 12.3. The van der Waals surface area contributed by atoms with Crippen LogP contribution in [0, 0.1) is 17.0 Å². The van der Waals surface area contributed by atoms with Gasteiger partial charge in [-0.05, 0) is 42.8 Å². The van der Waals surface area contributed by atoms with E-state index in [4.69, 9.17) is 4.42 Å². The minimum atomic E-state index is -0.426. The van der Waals surface area contributed by atoms with Gasteiger partial charge in [0.05, 0.1) is 21.1 Å². The Morgan fingerprint density at radius 1 is 1.15 bits per heavy atom. The van der Waals surface area contributed by atoms with E-state index in [0.717, 1.165) is 16.1 Å². The molecule has 0 spiro atoms. The van der Waals surface area contributed by atoms with Crippen LogP contribution < -0.4 is 5.32 Å². The molecule has 2 heterocycles. The van der Waals surface area contributed by atoms with Gasteiger partial charge < -0.3 is 9.73 Å². The smallest absolute Gasteiger partial charge is 0.280 e. The summed E-state index contributed by atoms with van der Waals surface area (Å²) in [5.41, 5.74) is 1.97. The van der Waals surface area contributed by atoms with Gasteiger partial charge in [0, 0.05) is 17.0 Å². The first-order valence-electron chi connectivity index (χ1n) is 8.16. The fourth-order valence-corrected chi connectivity index (χ4v) is 3.74. The van der Waals surface area contributed by atoms with Crippen LogP contribution in [0.15, 0.2) is 68.8 Å². The van der Waals surface area contributed by atoms with Crippen molar-refractivity contribution in [1.82, 2.24) is 0 Å². The van der Waals surface area contributed by atoms with E-state index in [1.165, 1.54) is 17.8 Å². The Bertz CT molecular complexity index is 1100. The summed E-state index contributed by atoms with van der Waals surface area (Å²) < 4.78 is 5.77. The Morgan fingerprint density at radius 3 is 2.78 bits per heavy atom. The minimum absolute atomic E-state index is 0.0118. The number of rotatable bonds is 3. The van der Waals surface area contributed by atoms with Crippen molar-refractivity contribution in [1.29, 1.82) is 0 Å². The predicted molar refractivity (Wildman–Crippen MR) is 104 cm³/mol. The molecule has 1 aromatic heterocycles. The zero-order chi connectivity index (χ0) is 19.0. The number of nitro benzene ring substituents is 1. The quantitative estimate of drug-likeness (QED) is 0.382. The number of anilines is 1. The fourth-order valence-electron chi connectivity index (χ4n) is 2.81. The van der Waals surface area contributed by atoms with Crippen molar-refractivity contribution in [3.63, 3.8) is 0 Å². The zero-order valence-electron chi connectivity index (χ0n) is 14.3. The van der Waals surface area contributed by atoms with Gasteiger partial charge in [0.1, 0.15) is 11.5 Å². The lowest BCUT2D eigenvalue weighted by atomic mass is 10.1. The van der Waals surface area contributed by atoms with E-state index < -0.39 is 4.92 Å². The van der Waals surface area contributed by atoms with Crippen molar-refractivity contribution in [3.8, 4) is 11.3 Å². The number of nitrogens with one attached hydrogen (secondary N) is 1. The highest BCUT2D eigenvalue weighted by atomic mass is 32.2. The van der Waals surface area contributed by atoms with Crippen LogP contribution in [0.5, 0.6) is 0 Å². The highest BCUT2D eigenvalue weighted by Gasteiger charge is 2.22. The van der Waals surface area contributed by atoms with Gasteiger partial charge in [0.25, 0.3) is 11.6 Å². The molecule has 0 saturated carbocycles. The Labute approximate surface area is 159 Å². The van der Waals surface area contributed by atoms with Gasteiger partial charge in [-0.15, -0.1) is 0 Å². The van der Waals surface area contributed by atoms with Crippen LogP contribution >= 0.6 is 11.8 Å². The second kappa shape index (κ2) is 6.77. The van der Waals surface area contributed by atoms with E-state index in [0.29, 0.717) is 22.0 Å². The van der Waals surface area contributed by atoms with Gasteiger partial charge in [0.15, 0.2) is 0 Å². The molecule has 1 aliphatic rings. The summed E-state index contributed by atoms with van der Waals surface area (Å²) in [6.45, 7) is 1.80.